The van der Waals surface area contributed by atoms with Crippen molar-refractivity contribution in [2.24, 2.45) is 5.92 Å². The van der Waals surface area contributed by atoms with Crippen molar-refractivity contribution < 1.29 is 14.3 Å². The Morgan fingerprint density at radius 1 is 1.07 bits per heavy atom. The summed E-state index contributed by atoms with van der Waals surface area (Å²) >= 11 is 1.39. The lowest BCUT2D eigenvalue weighted by atomic mass is 9.92. The number of hydrogen-bond donors (Lipinski definition) is 2. The minimum atomic E-state index is -0.487. The Labute approximate surface area is 256 Å². The van der Waals surface area contributed by atoms with Crippen LogP contribution < -0.4 is 15.5 Å². The third kappa shape index (κ3) is 7.95. The van der Waals surface area contributed by atoms with Crippen LogP contribution in [0.5, 0.6) is 0 Å². The van der Waals surface area contributed by atoms with Gasteiger partial charge in [-0.1, -0.05) is 18.2 Å². The minimum Gasteiger partial charge on any atom is -0.460 e. The molecule has 0 saturated carbocycles. The number of rotatable bonds is 9. The predicted molar refractivity (Wildman–Crippen MR) is 172 cm³/mol. The molecule has 1 aliphatic rings. The summed E-state index contributed by atoms with van der Waals surface area (Å²) in [4.78, 5) is 32.8. The number of aromatic nitrogens is 3. The van der Waals surface area contributed by atoms with Gasteiger partial charge in [0, 0.05) is 41.8 Å². The first kappa shape index (κ1) is 30.2. The van der Waals surface area contributed by atoms with E-state index < -0.39 is 5.60 Å². The van der Waals surface area contributed by atoms with E-state index >= 15 is 0 Å². The summed E-state index contributed by atoms with van der Waals surface area (Å²) in [7, 11) is 0. The molecule has 0 spiro atoms. The smallest absolute Gasteiger partial charge is 0.306 e. The highest BCUT2D eigenvalue weighted by molar-refractivity contribution is 7.13. The van der Waals surface area contributed by atoms with Gasteiger partial charge >= 0.3 is 5.97 Å². The highest BCUT2D eigenvalue weighted by Crippen LogP contribution is 2.39. The quantitative estimate of drug-likeness (QED) is 0.194. The van der Waals surface area contributed by atoms with Crippen molar-refractivity contribution in [1.29, 1.82) is 0 Å². The topological polar surface area (TPSA) is 109 Å². The van der Waals surface area contributed by atoms with E-state index in [9.17, 15) is 9.59 Å². The SMILES string of the molecule is Cc1c(Nc2ccccc2)ccc(NC(=O)c2csc(-c3ccnnc3)n2)c1N1CCC[C@@H](CCC(=O)OC(C)(C)C)C1. The lowest BCUT2D eigenvalue weighted by molar-refractivity contribution is -0.155. The fraction of sp³-hybridized carbons (Fsp3) is 0.364. The second kappa shape index (κ2) is 13.3. The zero-order valence-electron chi connectivity index (χ0n) is 25.1. The number of nitrogens with zero attached hydrogens (tertiary/aromatic N) is 4. The van der Waals surface area contributed by atoms with Gasteiger partial charge in [-0.3, -0.25) is 9.59 Å². The number of thiazole rings is 1. The normalized spacial score (nSPS) is 15.2. The molecule has 43 heavy (non-hydrogen) atoms. The maximum absolute atomic E-state index is 13.5. The van der Waals surface area contributed by atoms with Crippen molar-refractivity contribution in [2.45, 2.75) is 59.0 Å². The number of nitrogens with one attached hydrogen (secondary N) is 2. The number of para-hydroxylation sites is 1. The van der Waals surface area contributed by atoms with E-state index in [-0.39, 0.29) is 11.9 Å². The molecule has 2 aromatic carbocycles. The molecule has 1 atom stereocenters. The Bertz CT molecular complexity index is 1550. The molecule has 224 valence electrons. The average Bonchev–Trinajstić information content (AvgIpc) is 3.49. The number of esters is 1. The molecule has 0 unspecified atom stereocenters. The second-order valence-corrected chi connectivity index (χ2v) is 12.7. The molecule has 9 nitrogen and oxygen atoms in total. The number of carbonyl (C=O) groups is 2. The van der Waals surface area contributed by atoms with Gasteiger partial charge in [-0.2, -0.15) is 10.2 Å². The van der Waals surface area contributed by atoms with E-state index in [4.69, 9.17) is 4.74 Å². The Kier molecular flexibility index (Phi) is 9.35. The first-order valence-corrected chi connectivity index (χ1v) is 15.5. The van der Waals surface area contributed by atoms with E-state index in [0.29, 0.717) is 23.0 Å². The van der Waals surface area contributed by atoms with Crippen molar-refractivity contribution in [3.8, 4) is 10.6 Å². The number of amides is 1. The zero-order valence-corrected chi connectivity index (χ0v) is 25.9. The van der Waals surface area contributed by atoms with Gasteiger partial charge in [-0.05, 0) is 88.8 Å². The molecule has 1 aliphatic heterocycles. The molecule has 5 rings (SSSR count). The lowest BCUT2D eigenvalue weighted by Gasteiger charge is -2.37. The first-order valence-electron chi connectivity index (χ1n) is 14.6. The van der Waals surface area contributed by atoms with Crippen LogP contribution in [0, 0.1) is 12.8 Å². The molecule has 4 aromatic rings. The molecule has 2 N–H and O–H groups in total. The fourth-order valence-corrected chi connectivity index (χ4v) is 6.14. The van der Waals surface area contributed by atoms with Crippen LogP contribution in [0.25, 0.3) is 10.6 Å². The third-order valence-electron chi connectivity index (χ3n) is 7.31. The van der Waals surface area contributed by atoms with E-state index in [2.05, 4.69) is 37.6 Å². The molecule has 0 radical (unpaired) electrons. The van der Waals surface area contributed by atoms with Crippen molar-refractivity contribution in [1.82, 2.24) is 15.2 Å². The fourth-order valence-electron chi connectivity index (χ4n) is 5.35. The summed E-state index contributed by atoms with van der Waals surface area (Å²) < 4.78 is 5.55. The summed E-state index contributed by atoms with van der Waals surface area (Å²) in [6.07, 6.45) is 6.45. The summed E-state index contributed by atoms with van der Waals surface area (Å²) in [6, 6.07) is 15.8. The molecule has 1 fully saturated rings. The van der Waals surface area contributed by atoms with Crippen molar-refractivity contribution in [3.05, 3.63) is 77.6 Å². The van der Waals surface area contributed by atoms with Crippen LogP contribution in [-0.4, -0.2) is 45.7 Å². The van der Waals surface area contributed by atoms with Gasteiger partial charge in [0.25, 0.3) is 5.91 Å². The number of hydrogen-bond acceptors (Lipinski definition) is 9. The average molecular weight is 599 g/mol. The van der Waals surface area contributed by atoms with Crippen molar-refractivity contribution in [3.63, 3.8) is 0 Å². The second-order valence-electron chi connectivity index (χ2n) is 11.8. The Morgan fingerprint density at radius 3 is 2.60 bits per heavy atom. The van der Waals surface area contributed by atoms with Crippen molar-refractivity contribution >= 4 is 46.0 Å². The van der Waals surface area contributed by atoms with Crippen molar-refractivity contribution in [2.75, 3.05) is 28.6 Å². The number of carbonyl (C=O) groups excluding carboxylic acids is 2. The third-order valence-corrected chi connectivity index (χ3v) is 8.20. The number of piperidine rings is 1. The van der Waals surface area contributed by atoms with E-state index in [1.54, 1.807) is 17.8 Å². The molecular weight excluding hydrogens is 560 g/mol. The Balaban J connectivity index is 1.39. The number of anilines is 4. The first-order chi connectivity index (χ1) is 20.7. The van der Waals surface area contributed by atoms with Gasteiger partial charge in [-0.15, -0.1) is 11.3 Å². The molecule has 0 bridgehead atoms. The standard InChI is InChI=1S/C33H38N6O3S/c1-22-26(36-25-10-6-5-7-11-25)13-14-27(37-31(41)28-21-43-32(38-28)24-16-17-34-35-19-24)30(22)39-18-8-9-23(20-39)12-15-29(40)42-33(2,3)4/h5-7,10-11,13-14,16-17,19,21,23,36H,8-9,12,15,18,20H2,1-4H3,(H,37,41)/t23-/m0/s1. The summed E-state index contributed by atoms with van der Waals surface area (Å²) in [5.74, 6) is -0.0922. The maximum Gasteiger partial charge on any atom is 0.306 e. The van der Waals surface area contributed by atoms with Crippen LogP contribution in [-0.2, 0) is 9.53 Å². The van der Waals surface area contributed by atoms with Crippen LogP contribution >= 0.6 is 11.3 Å². The van der Waals surface area contributed by atoms with Gasteiger partial charge in [0.1, 0.15) is 16.3 Å². The summed E-state index contributed by atoms with van der Waals surface area (Å²) in [5.41, 5.74) is 5.38. The van der Waals surface area contributed by atoms with Gasteiger partial charge in [0.05, 0.1) is 23.8 Å². The van der Waals surface area contributed by atoms with Crippen LogP contribution in [0.15, 0.2) is 66.3 Å². The molecule has 0 aliphatic carbocycles. The molecule has 3 heterocycles. The van der Waals surface area contributed by atoms with Crippen LogP contribution in [0.1, 0.15) is 62.5 Å². The van der Waals surface area contributed by atoms with Crippen LogP contribution in [0.3, 0.4) is 0 Å². The number of ether oxygens (including phenoxy) is 1. The summed E-state index contributed by atoms with van der Waals surface area (Å²) in [6.45, 7) is 9.41. The van der Waals surface area contributed by atoms with Gasteiger partial charge < -0.3 is 20.3 Å². The molecular formula is C33H38N6O3S. The van der Waals surface area contributed by atoms with Gasteiger partial charge in [-0.25, -0.2) is 4.98 Å². The zero-order chi connectivity index (χ0) is 30.4. The highest BCUT2D eigenvalue weighted by atomic mass is 32.1. The monoisotopic (exact) mass is 598 g/mol. The van der Waals surface area contributed by atoms with Crippen LogP contribution in [0.2, 0.25) is 0 Å². The molecule has 1 saturated heterocycles. The molecule has 1 amide bonds. The lowest BCUT2D eigenvalue weighted by Crippen LogP contribution is -2.37. The maximum atomic E-state index is 13.5. The molecule has 2 aromatic heterocycles. The van der Waals surface area contributed by atoms with E-state index in [1.165, 1.54) is 11.3 Å². The molecule has 10 heteroatoms. The number of benzene rings is 2. The van der Waals surface area contributed by atoms with E-state index in [0.717, 1.165) is 66.2 Å². The minimum absolute atomic E-state index is 0.159. The highest BCUT2D eigenvalue weighted by Gasteiger charge is 2.27. The van der Waals surface area contributed by atoms with E-state index in [1.807, 2.05) is 69.3 Å². The summed E-state index contributed by atoms with van der Waals surface area (Å²) in [5, 5.41) is 16.9. The Morgan fingerprint density at radius 2 is 1.86 bits per heavy atom. The Hall–Kier alpha value is -4.31. The van der Waals surface area contributed by atoms with Gasteiger partial charge in [0.15, 0.2) is 0 Å². The largest absolute Gasteiger partial charge is 0.460 e. The predicted octanol–water partition coefficient (Wildman–Crippen LogP) is 7.24. The van der Waals surface area contributed by atoms with Crippen LogP contribution in [0.4, 0.5) is 22.7 Å². The van der Waals surface area contributed by atoms with Gasteiger partial charge in [0.2, 0.25) is 0 Å².